The van der Waals surface area contributed by atoms with E-state index in [1.165, 1.54) is 0 Å². The Balaban J connectivity index is 2.12. The van der Waals surface area contributed by atoms with Crippen LogP contribution in [0.5, 0.6) is 0 Å². The molecule has 0 bridgehead atoms. The lowest BCUT2D eigenvalue weighted by atomic mass is 9.97. The molecular weight excluding hydrogens is 374 g/mol. The number of ether oxygens (including phenoxy) is 2. The van der Waals surface area contributed by atoms with Gasteiger partial charge >= 0.3 is 27.1 Å². The number of halogens is 2. The van der Waals surface area contributed by atoms with Crippen LogP contribution in [0.25, 0.3) is 0 Å². The molecule has 0 aliphatic heterocycles. The third-order valence-electron chi connectivity index (χ3n) is 4.85. The number of alkyl halides is 2. The highest BCUT2D eigenvalue weighted by atomic mass is 32.2. The predicted molar refractivity (Wildman–Crippen MR) is 86.2 cm³/mol. The number of carbonyl (C=O) groups is 2. The molecular formula is C16H24F2O7S. The molecule has 0 heterocycles. The molecule has 0 saturated heterocycles. The first-order chi connectivity index (χ1) is 12.2. The van der Waals surface area contributed by atoms with E-state index in [9.17, 15) is 26.8 Å². The van der Waals surface area contributed by atoms with Gasteiger partial charge in [-0.25, -0.2) is 18.4 Å². The standard InChI is InChI=1S/C16H24F2O7S/c17-13(14(19)24-11-7-3-1-4-8-11)16(18,26(21,22)23)15(20)25-12-9-5-2-6-10-12/h11-13H,1-10H2,(H,21,22,23). The van der Waals surface area contributed by atoms with Gasteiger partial charge in [0.05, 0.1) is 0 Å². The molecule has 0 aromatic rings. The highest BCUT2D eigenvalue weighted by Crippen LogP contribution is 2.32. The average Bonchev–Trinajstić information content (AvgIpc) is 2.61. The van der Waals surface area contributed by atoms with E-state index < -0.39 is 45.4 Å². The van der Waals surface area contributed by atoms with E-state index in [0.29, 0.717) is 38.5 Å². The monoisotopic (exact) mass is 398 g/mol. The largest absolute Gasteiger partial charge is 0.460 e. The topological polar surface area (TPSA) is 107 Å². The van der Waals surface area contributed by atoms with E-state index >= 15 is 0 Å². The molecule has 0 aromatic carbocycles. The number of carbonyl (C=O) groups excluding carboxylic acids is 2. The lowest BCUT2D eigenvalue weighted by molar-refractivity contribution is -0.174. The van der Waals surface area contributed by atoms with Gasteiger partial charge in [-0.05, 0) is 51.4 Å². The van der Waals surface area contributed by atoms with Crippen molar-refractivity contribution in [1.82, 2.24) is 0 Å². The summed E-state index contributed by atoms with van der Waals surface area (Å²) in [5.74, 6) is -3.96. The fourth-order valence-electron chi connectivity index (χ4n) is 3.31. The molecule has 0 amide bonds. The summed E-state index contributed by atoms with van der Waals surface area (Å²) in [6, 6.07) is 0. The van der Waals surface area contributed by atoms with Gasteiger partial charge < -0.3 is 9.47 Å². The van der Waals surface area contributed by atoms with Crippen molar-refractivity contribution in [2.24, 2.45) is 0 Å². The van der Waals surface area contributed by atoms with Crippen LogP contribution in [0.2, 0.25) is 0 Å². The summed E-state index contributed by atoms with van der Waals surface area (Å²) in [5.41, 5.74) is 0. The normalized spacial score (nSPS) is 23.7. The summed E-state index contributed by atoms with van der Waals surface area (Å²) in [7, 11) is -5.92. The maximum absolute atomic E-state index is 14.9. The average molecular weight is 398 g/mol. The van der Waals surface area contributed by atoms with E-state index in [1.54, 1.807) is 0 Å². The molecule has 2 fully saturated rings. The van der Waals surface area contributed by atoms with Gasteiger partial charge in [0.1, 0.15) is 12.2 Å². The Morgan fingerprint density at radius 3 is 1.77 bits per heavy atom. The number of hydrogen-bond donors (Lipinski definition) is 1. The second-order valence-corrected chi connectivity index (χ2v) is 8.39. The summed E-state index contributed by atoms with van der Waals surface area (Å²) in [4.78, 5) is 23.9. The van der Waals surface area contributed by atoms with E-state index in [2.05, 4.69) is 0 Å². The van der Waals surface area contributed by atoms with E-state index in [1.807, 2.05) is 0 Å². The van der Waals surface area contributed by atoms with Gasteiger partial charge in [0, 0.05) is 0 Å². The highest BCUT2D eigenvalue weighted by molar-refractivity contribution is 7.88. The molecule has 26 heavy (non-hydrogen) atoms. The van der Waals surface area contributed by atoms with Gasteiger partial charge in [0.2, 0.25) is 0 Å². The Morgan fingerprint density at radius 1 is 0.923 bits per heavy atom. The first-order valence-corrected chi connectivity index (χ1v) is 10.3. The summed E-state index contributed by atoms with van der Waals surface area (Å²) in [6.07, 6.45) is 1.28. The highest BCUT2D eigenvalue weighted by Gasteiger charge is 2.64. The molecule has 2 atom stereocenters. The number of esters is 2. The zero-order valence-electron chi connectivity index (χ0n) is 14.4. The zero-order valence-corrected chi connectivity index (χ0v) is 15.2. The van der Waals surface area contributed by atoms with Gasteiger partial charge in [-0.1, -0.05) is 12.8 Å². The minimum Gasteiger partial charge on any atom is -0.460 e. The number of hydrogen-bond acceptors (Lipinski definition) is 6. The van der Waals surface area contributed by atoms with Crippen LogP contribution in [0, 0.1) is 0 Å². The molecule has 2 aliphatic rings. The van der Waals surface area contributed by atoms with Crippen molar-refractivity contribution in [2.45, 2.75) is 87.6 Å². The Bertz CT molecular complexity index is 612. The third kappa shape index (κ3) is 4.70. The van der Waals surface area contributed by atoms with Crippen LogP contribution in [-0.2, 0) is 29.2 Å². The van der Waals surface area contributed by atoms with Crippen LogP contribution in [0.15, 0.2) is 0 Å². The van der Waals surface area contributed by atoms with Crippen LogP contribution in [0.1, 0.15) is 64.2 Å². The lowest BCUT2D eigenvalue weighted by Crippen LogP contribution is -2.55. The molecule has 2 saturated carbocycles. The summed E-state index contributed by atoms with van der Waals surface area (Å²) < 4.78 is 70.7. The molecule has 7 nitrogen and oxygen atoms in total. The second-order valence-electron chi connectivity index (χ2n) is 6.84. The molecule has 2 aliphatic carbocycles. The van der Waals surface area contributed by atoms with Gasteiger partial charge in [-0.2, -0.15) is 8.42 Å². The molecule has 1 N–H and O–H groups in total. The summed E-state index contributed by atoms with van der Waals surface area (Å²) in [5, 5.41) is -4.55. The summed E-state index contributed by atoms with van der Waals surface area (Å²) >= 11 is 0. The minimum absolute atomic E-state index is 0.372. The van der Waals surface area contributed by atoms with Crippen LogP contribution >= 0.6 is 0 Å². The third-order valence-corrected chi connectivity index (χ3v) is 5.97. The van der Waals surface area contributed by atoms with E-state index in [0.717, 1.165) is 25.7 Å². The number of rotatable bonds is 6. The molecule has 2 rings (SSSR count). The van der Waals surface area contributed by atoms with Crippen LogP contribution in [0.4, 0.5) is 8.78 Å². The molecule has 150 valence electrons. The van der Waals surface area contributed by atoms with Crippen molar-refractivity contribution in [1.29, 1.82) is 0 Å². The van der Waals surface area contributed by atoms with Crippen molar-refractivity contribution in [3.05, 3.63) is 0 Å². The van der Waals surface area contributed by atoms with Crippen LogP contribution in [-0.4, -0.2) is 48.3 Å². The van der Waals surface area contributed by atoms with Gasteiger partial charge in [-0.3, -0.25) is 4.55 Å². The predicted octanol–water partition coefficient (Wildman–Crippen LogP) is 2.63. The molecule has 0 aromatic heterocycles. The van der Waals surface area contributed by atoms with Gasteiger partial charge in [0.25, 0.3) is 6.17 Å². The van der Waals surface area contributed by atoms with Crippen molar-refractivity contribution < 1.29 is 40.8 Å². The fraction of sp³-hybridized carbons (Fsp3) is 0.875. The van der Waals surface area contributed by atoms with Crippen LogP contribution < -0.4 is 0 Å². The molecule has 0 radical (unpaired) electrons. The maximum atomic E-state index is 14.9. The Hall–Kier alpha value is -1.29. The molecule has 0 spiro atoms. The Kier molecular flexibility index (Phi) is 6.95. The Morgan fingerprint density at radius 2 is 1.35 bits per heavy atom. The van der Waals surface area contributed by atoms with Crippen LogP contribution in [0.3, 0.4) is 0 Å². The smallest absolute Gasteiger partial charge is 0.371 e. The van der Waals surface area contributed by atoms with E-state index in [-0.39, 0.29) is 0 Å². The van der Waals surface area contributed by atoms with Crippen molar-refractivity contribution in [2.75, 3.05) is 0 Å². The molecule has 2 unspecified atom stereocenters. The SMILES string of the molecule is O=C(OC1CCCCC1)C(F)C(F)(C(=O)OC1CCCCC1)S(=O)(=O)O. The van der Waals surface area contributed by atoms with Crippen molar-refractivity contribution in [3.8, 4) is 0 Å². The maximum Gasteiger partial charge on any atom is 0.371 e. The minimum atomic E-state index is -5.92. The van der Waals surface area contributed by atoms with E-state index in [4.69, 9.17) is 14.0 Å². The zero-order chi connectivity index (χ0) is 19.4. The fourth-order valence-corrected chi connectivity index (χ4v) is 3.93. The first kappa shape index (κ1) is 21.0. The lowest BCUT2D eigenvalue weighted by Gasteiger charge is -2.28. The van der Waals surface area contributed by atoms with Gasteiger partial charge in [-0.15, -0.1) is 0 Å². The Labute approximate surface area is 151 Å². The first-order valence-electron chi connectivity index (χ1n) is 8.88. The summed E-state index contributed by atoms with van der Waals surface area (Å²) in [6.45, 7) is 0. The quantitative estimate of drug-likeness (QED) is 0.541. The molecule has 10 heteroatoms. The van der Waals surface area contributed by atoms with Crippen molar-refractivity contribution in [3.63, 3.8) is 0 Å². The van der Waals surface area contributed by atoms with Gasteiger partial charge in [0.15, 0.2) is 0 Å². The van der Waals surface area contributed by atoms with Crippen molar-refractivity contribution >= 4 is 22.1 Å². The second kappa shape index (κ2) is 8.60.